The van der Waals surface area contributed by atoms with Crippen LogP contribution in [-0.2, 0) is 14.4 Å². The Balaban J connectivity index is 1.33. The zero-order valence-electron chi connectivity index (χ0n) is 26.9. The van der Waals surface area contributed by atoms with E-state index >= 15 is 0 Å². The normalized spacial score (nSPS) is 38.4. The molecule has 0 aromatic carbocycles. The highest BCUT2D eigenvalue weighted by molar-refractivity contribution is 6.06. The minimum Gasteiger partial charge on any atom is -0.504 e. The maximum Gasteiger partial charge on any atom is 0.294 e. The van der Waals surface area contributed by atoms with Crippen LogP contribution >= 0.6 is 0 Å². The number of hydrogen-bond donors (Lipinski definition) is 2. The second-order valence-electron chi connectivity index (χ2n) is 15.3. The zero-order chi connectivity index (χ0) is 31.4. The Bertz CT molecular complexity index is 1340. The number of unbranched alkanes of at least 4 members (excludes halogenated alkanes) is 3. The summed E-state index contributed by atoms with van der Waals surface area (Å²) in [6.45, 7) is 14.4. The van der Waals surface area contributed by atoms with E-state index in [4.69, 9.17) is 0 Å². The topological polar surface area (TPSA) is 119 Å². The fourth-order valence-electron chi connectivity index (χ4n) is 9.80. The Labute approximate surface area is 256 Å². The van der Waals surface area contributed by atoms with E-state index in [9.17, 15) is 24.8 Å². The lowest BCUT2D eigenvalue weighted by molar-refractivity contribution is -0.757. The van der Waals surface area contributed by atoms with Crippen LogP contribution in [0.5, 0.6) is 0 Å². The SMILES string of the molecule is CC1=C(O)C(=O)C=C2C1=CC=C1[C@@]2(C)CC[C@@]2(C)[C@@H]3C[C@](C)(C(=O)NCCCCCCO[N+](=O)[O-])CC[C@]3(C)CC[C@]12C. The molecule has 1 amide bonds. The van der Waals surface area contributed by atoms with Crippen LogP contribution in [0.4, 0.5) is 0 Å². The first-order valence-corrected chi connectivity index (χ1v) is 16.3. The Kier molecular flexibility index (Phi) is 8.00. The second-order valence-corrected chi connectivity index (χ2v) is 15.3. The number of amides is 1. The molecule has 0 aromatic heterocycles. The van der Waals surface area contributed by atoms with E-state index in [1.54, 1.807) is 6.08 Å². The van der Waals surface area contributed by atoms with E-state index in [1.165, 1.54) is 5.57 Å². The number of rotatable bonds is 9. The monoisotopic (exact) mass is 594 g/mol. The summed E-state index contributed by atoms with van der Waals surface area (Å²) in [4.78, 5) is 41.1. The summed E-state index contributed by atoms with van der Waals surface area (Å²) in [5.74, 6) is 0.117. The third kappa shape index (κ3) is 4.97. The number of carbonyl (C=O) groups is 2. The van der Waals surface area contributed by atoms with E-state index < -0.39 is 10.5 Å². The summed E-state index contributed by atoms with van der Waals surface area (Å²) in [6.07, 6.45) is 16.4. The second kappa shape index (κ2) is 10.9. The summed E-state index contributed by atoms with van der Waals surface area (Å²) >= 11 is 0. The molecule has 5 aliphatic carbocycles. The van der Waals surface area contributed by atoms with E-state index in [0.29, 0.717) is 24.5 Å². The average molecular weight is 595 g/mol. The van der Waals surface area contributed by atoms with Gasteiger partial charge in [-0.25, -0.2) is 0 Å². The molecule has 236 valence electrons. The molecule has 0 aromatic rings. The lowest BCUT2D eigenvalue weighted by Crippen LogP contribution is -2.62. The van der Waals surface area contributed by atoms with Crippen molar-refractivity contribution in [2.45, 2.75) is 112 Å². The maximum atomic E-state index is 13.7. The summed E-state index contributed by atoms with van der Waals surface area (Å²) in [5, 5.41) is 23.2. The number of allylic oxidation sites excluding steroid dienone is 7. The van der Waals surface area contributed by atoms with E-state index in [1.807, 2.05) is 6.92 Å². The van der Waals surface area contributed by atoms with Gasteiger partial charge in [0, 0.05) is 22.9 Å². The number of ketones is 1. The highest BCUT2D eigenvalue weighted by Gasteiger charge is 2.67. The van der Waals surface area contributed by atoms with Crippen molar-refractivity contribution in [1.82, 2.24) is 5.32 Å². The molecule has 0 bridgehead atoms. The fraction of sp³-hybridized carbons (Fsp3) is 0.714. The van der Waals surface area contributed by atoms with Crippen molar-refractivity contribution in [3.63, 3.8) is 0 Å². The molecule has 8 heteroatoms. The van der Waals surface area contributed by atoms with Crippen molar-refractivity contribution in [2.75, 3.05) is 13.2 Å². The number of nitrogens with zero attached hydrogens (tertiary/aromatic N) is 1. The first kappa shape index (κ1) is 31.5. The molecule has 0 unspecified atom stereocenters. The van der Waals surface area contributed by atoms with Gasteiger partial charge in [-0.05, 0) is 104 Å². The Morgan fingerprint density at radius 2 is 1.72 bits per heavy atom. The van der Waals surface area contributed by atoms with Crippen molar-refractivity contribution in [2.24, 2.45) is 33.0 Å². The van der Waals surface area contributed by atoms with Gasteiger partial charge >= 0.3 is 0 Å². The average Bonchev–Trinajstić information content (AvgIpc) is 2.95. The van der Waals surface area contributed by atoms with Crippen molar-refractivity contribution in [3.05, 3.63) is 56.4 Å². The Morgan fingerprint density at radius 1 is 1.02 bits per heavy atom. The van der Waals surface area contributed by atoms with Crippen LogP contribution in [0.25, 0.3) is 0 Å². The van der Waals surface area contributed by atoms with Gasteiger partial charge in [0.25, 0.3) is 5.09 Å². The molecule has 6 atom stereocenters. The molecule has 3 fully saturated rings. The number of fused-ring (bicyclic) bond motifs is 7. The predicted octanol–water partition coefficient (Wildman–Crippen LogP) is 7.50. The lowest BCUT2D eigenvalue weighted by atomic mass is 9.34. The molecule has 0 heterocycles. The van der Waals surface area contributed by atoms with E-state index in [2.05, 4.69) is 56.9 Å². The molecule has 0 saturated heterocycles. The van der Waals surface area contributed by atoms with Gasteiger partial charge in [-0.2, -0.15) is 0 Å². The van der Waals surface area contributed by atoms with Gasteiger partial charge in [0.05, 0.1) is 6.61 Å². The van der Waals surface area contributed by atoms with Crippen molar-refractivity contribution < 1.29 is 24.6 Å². The van der Waals surface area contributed by atoms with Gasteiger partial charge < -0.3 is 15.3 Å². The minimum atomic E-state index is -0.752. The maximum absolute atomic E-state index is 13.7. The Morgan fingerprint density at radius 3 is 2.44 bits per heavy atom. The van der Waals surface area contributed by atoms with Crippen LogP contribution in [0.15, 0.2) is 46.3 Å². The first-order valence-electron chi connectivity index (χ1n) is 16.3. The molecular weight excluding hydrogens is 544 g/mol. The quantitative estimate of drug-likeness (QED) is 0.162. The summed E-state index contributed by atoms with van der Waals surface area (Å²) in [6, 6.07) is 0. The lowest BCUT2D eigenvalue weighted by Gasteiger charge is -2.70. The molecule has 8 nitrogen and oxygen atoms in total. The molecule has 0 spiro atoms. The van der Waals surface area contributed by atoms with Crippen LogP contribution in [0, 0.1) is 43.1 Å². The number of aliphatic hydroxyl groups excluding tert-OH is 1. The largest absolute Gasteiger partial charge is 0.504 e. The van der Waals surface area contributed by atoms with Gasteiger partial charge in [-0.3, -0.25) is 9.59 Å². The molecule has 5 aliphatic rings. The summed E-state index contributed by atoms with van der Waals surface area (Å²) in [5.41, 5.74) is 3.58. The number of carbonyl (C=O) groups excluding carboxylic acids is 2. The number of hydrogen-bond acceptors (Lipinski definition) is 6. The van der Waals surface area contributed by atoms with E-state index in [-0.39, 0.29) is 45.7 Å². The zero-order valence-corrected chi connectivity index (χ0v) is 26.9. The van der Waals surface area contributed by atoms with Gasteiger partial charge in [0.15, 0.2) is 5.76 Å². The van der Waals surface area contributed by atoms with Gasteiger partial charge in [-0.1, -0.05) is 65.2 Å². The smallest absolute Gasteiger partial charge is 0.294 e. The van der Waals surface area contributed by atoms with Gasteiger partial charge in [-0.15, -0.1) is 10.1 Å². The summed E-state index contributed by atoms with van der Waals surface area (Å²) in [7, 11) is 0. The van der Waals surface area contributed by atoms with Crippen LogP contribution in [0.2, 0.25) is 0 Å². The molecule has 5 rings (SSSR count). The van der Waals surface area contributed by atoms with Crippen LogP contribution in [0.1, 0.15) is 112 Å². The molecule has 3 saturated carbocycles. The van der Waals surface area contributed by atoms with Crippen LogP contribution in [-0.4, -0.2) is 35.0 Å². The number of aliphatic hydroxyl groups is 1. The number of nitrogens with one attached hydrogen (secondary N) is 1. The summed E-state index contributed by atoms with van der Waals surface area (Å²) < 4.78 is 0. The third-order valence-corrected chi connectivity index (χ3v) is 13.0. The fourth-order valence-corrected chi connectivity index (χ4v) is 9.80. The van der Waals surface area contributed by atoms with Crippen molar-refractivity contribution in [1.29, 1.82) is 0 Å². The Hall–Kier alpha value is -2.90. The molecule has 43 heavy (non-hydrogen) atoms. The molecule has 0 aliphatic heterocycles. The first-order chi connectivity index (χ1) is 20.1. The highest BCUT2D eigenvalue weighted by Crippen LogP contribution is 2.75. The highest BCUT2D eigenvalue weighted by atomic mass is 16.9. The molecule has 0 radical (unpaired) electrons. The van der Waals surface area contributed by atoms with Crippen molar-refractivity contribution >= 4 is 11.7 Å². The van der Waals surface area contributed by atoms with Crippen LogP contribution < -0.4 is 5.32 Å². The minimum absolute atomic E-state index is 0.0106. The van der Waals surface area contributed by atoms with E-state index in [0.717, 1.165) is 75.4 Å². The third-order valence-electron chi connectivity index (χ3n) is 13.0. The van der Waals surface area contributed by atoms with Crippen LogP contribution in [0.3, 0.4) is 0 Å². The standard InChI is InChI=1S/C35H50N2O6/c1-23-24-11-12-27-33(4,25(24)21-26(38)29(23)39)16-18-35(6)28-22-32(3,14-13-31(28,2)15-17-34(27,35)5)30(40)36-19-9-7-8-10-20-43-37(41)42/h11-12,21,28,39H,7-10,13-20,22H2,1-6H3,(H,36,40)/t28-,31-,32-,33+,34-,35+/m1/s1. The van der Waals surface area contributed by atoms with Gasteiger partial charge in [0.2, 0.25) is 11.7 Å². The molecular formula is C35H50N2O6. The molecule has 2 N–H and O–H groups in total. The predicted molar refractivity (Wildman–Crippen MR) is 165 cm³/mol. The van der Waals surface area contributed by atoms with Crippen molar-refractivity contribution in [3.8, 4) is 0 Å². The van der Waals surface area contributed by atoms with Gasteiger partial charge in [0.1, 0.15) is 0 Å².